The van der Waals surface area contributed by atoms with Gasteiger partial charge >= 0.3 is 0 Å². The molecule has 0 aliphatic rings. The third-order valence-corrected chi connectivity index (χ3v) is 2.66. The molecule has 1 aromatic rings. The van der Waals surface area contributed by atoms with Crippen LogP contribution in [-0.4, -0.2) is 20.2 Å². The first-order valence-electron chi connectivity index (χ1n) is 5.72. The molecule has 0 spiro atoms. The van der Waals surface area contributed by atoms with E-state index in [1.807, 2.05) is 0 Å². The minimum atomic E-state index is 0.453. The van der Waals surface area contributed by atoms with Crippen molar-refractivity contribution in [2.24, 2.45) is 5.73 Å². The number of hydrogen-bond acceptors (Lipinski definition) is 3. The van der Waals surface area contributed by atoms with Gasteiger partial charge in [-0.05, 0) is 36.1 Å². The Morgan fingerprint density at radius 1 is 1.38 bits per heavy atom. The number of benzene rings is 1. The Labute approximate surface area is 98.0 Å². The lowest BCUT2D eigenvalue weighted by Crippen LogP contribution is -2.14. The zero-order valence-electron chi connectivity index (χ0n) is 10.6. The highest BCUT2D eigenvalue weighted by Gasteiger charge is 2.10. The molecule has 0 bridgehead atoms. The van der Waals surface area contributed by atoms with E-state index < -0.39 is 0 Å². The molecule has 1 aromatic carbocycles. The van der Waals surface area contributed by atoms with E-state index in [1.54, 1.807) is 7.11 Å². The van der Waals surface area contributed by atoms with Gasteiger partial charge in [-0.3, -0.25) is 0 Å². The molecule has 0 aliphatic heterocycles. The summed E-state index contributed by atoms with van der Waals surface area (Å²) in [5, 5.41) is 3.33. The number of methoxy groups -OCH3 is 1. The van der Waals surface area contributed by atoms with Crippen molar-refractivity contribution in [3.05, 3.63) is 23.3 Å². The summed E-state index contributed by atoms with van der Waals surface area (Å²) in [5.74, 6) is 1.42. The van der Waals surface area contributed by atoms with Crippen molar-refractivity contribution in [1.82, 2.24) is 0 Å². The molecule has 0 atom stereocenters. The van der Waals surface area contributed by atoms with E-state index in [2.05, 4.69) is 38.2 Å². The standard InChI is InChI=1S/C13H22N2O/c1-9(2)11-8-12(15-6-5-14)10(3)7-13(11)16-4/h7-9,15H,5-6,14H2,1-4H3. The molecule has 3 heteroatoms. The van der Waals surface area contributed by atoms with Crippen LogP contribution in [0.25, 0.3) is 0 Å². The van der Waals surface area contributed by atoms with Gasteiger partial charge in [0.15, 0.2) is 0 Å². The summed E-state index contributed by atoms with van der Waals surface area (Å²) in [6.45, 7) is 7.85. The molecule has 0 aliphatic carbocycles. The van der Waals surface area contributed by atoms with Crippen molar-refractivity contribution in [3.63, 3.8) is 0 Å². The van der Waals surface area contributed by atoms with Crippen LogP contribution < -0.4 is 15.8 Å². The second-order valence-corrected chi connectivity index (χ2v) is 4.28. The topological polar surface area (TPSA) is 47.3 Å². The molecule has 0 fully saturated rings. The molecular formula is C13H22N2O. The maximum absolute atomic E-state index is 5.49. The smallest absolute Gasteiger partial charge is 0.122 e. The van der Waals surface area contributed by atoms with Gasteiger partial charge in [-0.2, -0.15) is 0 Å². The summed E-state index contributed by atoms with van der Waals surface area (Å²) in [6, 6.07) is 4.24. The molecule has 0 amide bonds. The summed E-state index contributed by atoms with van der Waals surface area (Å²) in [4.78, 5) is 0. The Kier molecular flexibility index (Phi) is 4.62. The normalized spacial score (nSPS) is 10.6. The third-order valence-electron chi connectivity index (χ3n) is 2.66. The number of nitrogens with two attached hydrogens (primary N) is 1. The van der Waals surface area contributed by atoms with Gasteiger partial charge in [-0.25, -0.2) is 0 Å². The largest absolute Gasteiger partial charge is 0.496 e. The zero-order valence-corrected chi connectivity index (χ0v) is 10.6. The van der Waals surface area contributed by atoms with Gasteiger partial charge in [-0.15, -0.1) is 0 Å². The summed E-state index contributed by atoms with van der Waals surface area (Å²) in [7, 11) is 1.72. The molecule has 0 saturated heterocycles. The third kappa shape index (κ3) is 2.89. The second kappa shape index (κ2) is 5.75. The number of hydrogen-bond donors (Lipinski definition) is 2. The minimum Gasteiger partial charge on any atom is -0.496 e. The Balaban J connectivity index is 3.06. The number of rotatable bonds is 5. The Morgan fingerprint density at radius 3 is 2.56 bits per heavy atom. The van der Waals surface area contributed by atoms with Crippen molar-refractivity contribution >= 4 is 5.69 Å². The van der Waals surface area contributed by atoms with Gasteiger partial charge in [0.1, 0.15) is 5.75 Å². The van der Waals surface area contributed by atoms with Gasteiger partial charge in [0.05, 0.1) is 7.11 Å². The molecule has 0 unspecified atom stereocenters. The van der Waals surface area contributed by atoms with E-state index >= 15 is 0 Å². The summed E-state index contributed by atoms with van der Waals surface area (Å²) in [5.41, 5.74) is 9.06. The van der Waals surface area contributed by atoms with Crippen molar-refractivity contribution in [3.8, 4) is 5.75 Å². The van der Waals surface area contributed by atoms with Gasteiger partial charge in [-0.1, -0.05) is 13.8 Å². The van der Waals surface area contributed by atoms with E-state index in [-0.39, 0.29) is 0 Å². The molecule has 0 radical (unpaired) electrons. The Hall–Kier alpha value is -1.22. The van der Waals surface area contributed by atoms with Crippen LogP contribution in [0, 0.1) is 6.92 Å². The Bertz CT molecular complexity index is 348. The van der Waals surface area contributed by atoms with Crippen LogP contribution in [-0.2, 0) is 0 Å². The maximum Gasteiger partial charge on any atom is 0.122 e. The van der Waals surface area contributed by atoms with Crippen molar-refractivity contribution in [2.75, 3.05) is 25.5 Å². The van der Waals surface area contributed by atoms with Crippen LogP contribution in [0.15, 0.2) is 12.1 Å². The van der Waals surface area contributed by atoms with Crippen molar-refractivity contribution in [2.45, 2.75) is 26.7 Å². The van der Waals surface area contributed by atoms with Crippen LogP contribution in [0.1, 0.15) is 30.9 Å². The molecule has 0 aromatic heterocycles. The highest BCUT2D eigenvalue weighted by Crippen LogP contribution is 2.31. The monoisotopic (exact) mass is 222 g/mol. The van der Waals surface area contributed by atoms with Crippen molar-refractivity contribution < 1.29 is 4.74 Å². The average Bonchev–Trinajstić information content (AvgIpc) is 2.26. The number of aryl methyl sites for hydroxylation is 1. The van der Waals surface area contributed by atoms with Gasteiger partial charge < -0.3 is 15.8 Å². The van der Waals surface area contributed by atoms with Crippen molar-refractivity contribution in [1.29, 1.82) is 0 Å². The number of nitrogens with one attached hydrogen (secondary N) is 1. The molecular weight excluding hydrogens is 200 g/mol. The molecule has 1 rings (SSSR count). The predicted octanol–water partition coefficient (Wildman–Crippen LogP) is 2.50. The van der Waals surface area contributed by atoms with E-state index in [0.29, 0.717) is 12.5 Å². The van der Waals surface area contributed by atoms with E-state index in [4.69, 9.17) is 10.5 Å². The average molecular weight is 222 g/mol. The molecule has 3 N–H and O–H groups in total. The summed E-state index contributed by atoms with van der Waals surface area (Å²) >= 11 is 0. The first-order valence-corrected chi connectivity index (χ1v) is 5.72. The van der Waals surface area contributed by atoms with Crippen LogP contribution in [0.3, 0.4) is 0 Å². The van der Waals surface area contributed by atoms with Crippen LogP contribution in [0.4, 0.5) is 5.69 Å². The van der Waals surface area contributed by atoms with Crippen LogP contribution >= 0.6 is 0 Å². The highest BCUT2D eigenvalue weighted by molar-refractivity contribution is 5.58. The zero-order chi connectivity index (χ0) is 12.1. The molecule has 90 valence electrons. The fraction of sp³-hybridized carbons (Fsp3) is 0.538. The predicted molar refractivity (Wildman–Crippen MR) is 69.4 cm³/mol. The number of anilines is 1. The maximum atomic E-state index is 5.49. The Morgan fingerprint density at radius 2 is 2.06 bits per heavy atom. The summed E-state index contributed by atoms with van der Waals surface area (Å²) in [6.07, 6.45) is 0. The minimum absolute atomic E-state index is 0.453. The lowest BCUT2D eigenvalue weighted by atomic mass is 9.99. The van der Waals surface area contributed by atoms with Crippen LogP contribution in [0.2, 0.25) is 0 Å². The lowest BCUT2D eigenvalue weighted by Gasteiger charge is -2.16. The SMILES string of the molecule is COc1cc(C)c(NCCN)cc1C(C)C. The molecule has 16 heavy (non-hydrogen) atoms. The quantitative estimate of drug-likeness (QED) is 0.804. The molecule has 0 heterocycles. The summed E-state index contributed by atoms with van der Waals surface area (Å²) < 4.78 is 5.39. The lowest BCUT2D eigenvalue weighted by molar-refractivity contribution is 0.407. The number of ether oxygens (including phenoxy) is 1. The first kappa shape index (κ1) is 12.8. The fourth-order valence-corrected chi connectivity index (χ4v) is 1.72. The molecule has 3 nitrogen and oxygen atoms in total. The highest BCUT2D eigenvalue weighted by atomic mass is 16.5. The van der Waals surface area contributed by atoms with E-state index in [1.165, 1.54) is 11.1 Å². The molecule has 0 saturated carbocycles. The first-order chi connectivity index (χ1) is 7.60. The van der Waals surface area contributed by atoms with E-state index in [0.717, 1.165) is 18.0 Å². The fourth-order valence-electron chi connectivity index (χ4n) is 1.72. The van der Waals surface area contributed by atoms with Gasteiger partial charge in [0.2, 0.25) is 0 Å². The second-order valence-electron chi connectivity index (χ2n) is 4.28. The van der Waals surface area contributed by atoms with Gasteiger partial charge in [0.25, 0.3) is 0 Å². The van der Waals surface area contributed by atoms with Gasteiger partial charge in [0, 0.05) is 18.8 Å². The van der Waals surface area contributed by atoms with E-state index in [9.17, 15) is 0 Å². The van der Waals surface area contributed by atoms with Crippen LogP contribution in [0.5, 0.6) is 5.75 Å².